The predicted octanol–water partition coefficient (Wildman–Crippen LogP) is 1.78. The normalized spacial score (nSPS) is 36.5. The number of carbonyl (C=O) groups excluding carboxylic acids is 1. The molecule has 0 aromatic heterocycles. The number of amides is 1. The molecule has 2 unspecified atom stereocenters. The monoisotopic (exact) mass is 279 g/mol. The van der Waals surface area contributed by atoms with Crippen LogP contribution >= 0.6 is 0 Å². The first-order chi connectivity index (χ1) is 9.70. The van der Waals surface area contributed by atoms with Crippen molar-refractivity contribution >= 4 is 5.91 Å². The second kappa shape index (κ2) is 6.02. The first kappa shape index (κ1) is 14.3. The smallest absolute Gasteiger partial charge is 0.237 e. The molecular weight excluding hydrogens is 250 g/mol. The lowest BCUT2D eigenvalue weighted by atomic mass is 9.95. The van der Waals surface area contributed by atoms with Gasteiger partial charge in [0.1, 0.15) is 0 Å². The number of hydrogen-bond acceptors (Lipinski definition) is 3. The van der Waals surface area contributed by atoms with Gasteiger partial charge in [0.25, 0.3) is 0 Å². The summed E-state index contributed by atoms with van der Waals surface area (Å²) in [6, 6.07) is 1.11. The Labute approximate surface area is 122 Å². The summed E-state index contributed by atoms with van der Waals surface area (Å²) >= 11 is 0. The van der Waals surface area contributed by atoms with Crippen molar-refractivity contribution in [1.82, 2.24) is 10.2 Å². The SMILES string of the molecule is NC(=O)C1(NC2CC2)CCC(N2CCCCCCC2)C1. The average molecular weight is 279 g/mol. The first-order valence-electron chi connectivity index (χ1n) is 8.51. The van der Waals surface area contributed by atoms with Crippen LogP contribution in [0, 0.1) is 0 Å². The molecule has 1 saturated heterocycles. The maximum absolute atomic E-state index is 12.0. The van der Waals surface area contributed by atoms with Crippen molar-refractivity contribution in [2.75, 3.05) is 13.1 Å². The molecule has 3 aliphatic rings. The molecule has 3 fully saturated rings. The number of carbonyl (C=O) groups is 1. The number of nitrogens with two attached hydrogens (primary N) is 1. The molecule has 1 aliphatic heterocycles. The molecule has 0 bridgehead atoms. The Morgan fingerprint density at radius 1 is 1.05 bits per heavy atom. The number of rotatable bonds is 4. The van der Waals surface area contributed by atoms with Crippen LogP contribution in [0.15, 0.2) is 0 Å². The Hall–Kier alpha value is -0.610. The van der Waals surface area contributed by atoms with E-state index >= 15 is 0 Å². The zero-order chi connectivity index (χ0) is 14.0. The van der Waals surface area contributed by atoms with E-state index in [-0.39, 0.29) is 5.91 Å². The minimum atomic E-state index is -0.409. The molecule has 3 rings (SSSR count). The predicted molar refractivity (Wildman–Crippen MR) is 80.4 cm³/mol. The lowest BCUT2D eigenvalue weighted by Crippen LogP contribution is -2.55. The van der Waals surface area contributed by atoms with Crippen LogP contribution in [-0.2, 0) is 4.79 Å². The largest absolute Gasteiger partial charge is 0.368 e. The maximum atomic E-state index is 12.0. The minimum absolute atomic E-state index is 0.126. The van der Waals surface area contributed by atoms with Gasteiger partial charge < -0.3 is 16.0 Å². The van der Waals surface area contributed by atoms with E-state index in [1.807, 2.05) is 0 Å². The van der Waals surface area contributed by atoms with E-state index in [1.165, 1.54) is 58.0 Å². The zero-order valence-electron chi connectivity index (χ0n) is 12.6. The Bertz CT molecular complexity index is 348. The van der Waals surface area contributed by atoms with Crippen LogP contribution in [0.5, 0.6) is 0 Å². The Kier molecular flexibility index (Phi) is 4.32. The number of nitrogens with zero attached hydrogens (tertiary/aromatic N) is 1. The average Bonchev–Trinajstić information content (AvgIpc) is 3.07. The molecule has 114 valence electrons. The fraction of sp³-hybridized carbons (Fsp3) is 0.938. The number of nitrogens with one attached hydrogen (secondary N) is 1. The Morgan fingerprint density at radius 3 is 2.30 bits per heavy atom. The molecule has 2 aliphatic carbocycles. The van der Waals surface area contributed by atoms with Crippen LogP contribution in [0.2, 0.25) is 0 Å². The van der Waals surface area contributed by atoms with Crippen molar-refractivity contribution in [3.63, 3.8) is 0 Å². The van der Waals surface area contributed by atoms with Gasteiger partial charge in [-0.15, -0.1) is 0 Å². The summed E-state index contributed by atoms with van der Waals surface area (Å²) in [6.07, 6.45) is 12.2. The third kappa shape index (κ3) is 3.17. The molecule has 2 atom stereocenters. The van der Waals surface area contributed by atoms with E-state index in [0.717, 1.165) is 19.3 Å². The lowest BCUT2D eigenvalue weighted by Gasteiger charge is -2.33. The van der Waals surface area contributed by atoms with Gasteiger partial charge in [0, 0.05) is 12.1 Å². The minimum Gasteiger partial charge on any atom is -0.368 e. The van der Waals surface area contributed by atoms with E-state index in [2.05, 4.69) is 10.2 Å². The highest BCUT2D eigenvalue weighted by Crippen LogP contribution is 2.36. The van der Waals surface area contributed by atoms with Crippen LogP contribution in [-0.4, -0.2) is 41.5 Å². The summed E-state index contributed by atoms with van der Waals surface area (Å²) in [5.41, 5.74) is 5.33. The molecular formula is C16H29N3O. The number of hydrogen-bond donors (Lipinski definition) is 2. The Morgan fingerprint density at radius 2 is 1.70 bits per heavy atom. The number of likely N-dealkylation sites (tertiary alicyclic amines) is 1. The van der Waals surface area contributed by atoms with Gasteiger partial charge in [-0.3, -0.25) is 4.79 Å². The van der Waals surface area contributed by atoms with Gasteiger partial charge in [-0.05, 0) is 58.0 Å². The molecule has 4 heteroatoms. The van der Waals surface area contributed by atoms with Crippen molar-refractivity contribution in [2.45, 2.75) is 81.8 Å². The highest BCUT2D eigenvalue weighted by Gasteiger charge is 2.47. The van der Waals surface area contributed by atoms with Crippen LogP contribution < -0.4 is 11.1 Å². The van der Waals surface area contributed by atoms with Crippen LogP contribution in [0.3, 0.4) is 0 Å². The fourth-order valence-corrected chi connectivity index (χ4v) is 4.01. The van der Waals surface area contributed by atoms with Gasteiger partial charge >= 0.3 is 0 Å². The molecule has 0 radical (unpaired) electrons. The third-order valence-corrected chi connectivity index (χ3v) is 5.42. The van der Waals surface area contributed by atoms with Crippen LogP contribution in [0.1, 0.15) is 64.2 Å². The standard InChI is InChI=1S/C16H29N3O/c17-15(20)16(18-13-6-7-13)9-8-14(12-16)19-10-4-2-1-3-5-11-19/h13-14,18H,1-12H2,(H2,17,20). The van der Waals surface area contributed by atoms with Gasteiger partial charge in [0.05, 0.1) is 5.54 Å². The van der Waals surface area contributed by atoms with Crippen molar-refractivity contribution in [3.05, 3.63) is 0 Å². The number of primary amides is 1. The van der Waals surface area contributed by atoms with Gasteiger partial charge in [0.15, 0.2) is 0 Å². The maximum Gasteiger partial charge on any atom is 0.237 e. The molecule has 0 aromatic carbocycles. The van der Waals surface area contributed by atoms with E-state index in [9.17, 15) is 4.79 Å². The van der Waals surface area contributed by atoms with E-state index in [0.29, 0.717) is 12.1 Å². The summed E-state index contributed by atoms with van der Waals surface area (Å²) in [7, 11) is 0. The summed E-state index contributed by atoms with van der Waals surface area (Å²) < 4.78 is 0. The summed E-state index contributed by atoms with van der Waals surface area (Å²) in [6.45, 7) is 2.42. The second-order valence-electron chi connectivity index (χ2n) is 7.07. The van der Waals surface area contributed by atoms with Gasteiger partial charge in [0.2, 0.25) is 5.91 Å². The molecule has 0 aromatic rings. The highest BCUT2D eigenvalue weighted by molar-refractivity contribution is 5.85. The molecule has 0 spiro atoms. The summed E-state index contributed by atoms with van der Waals surface area (Å²) in [5, 5.41) is 3.56. The molecule has 3 N–H and O–H groups in total. The summed E-state index contributed by atoms with van der Waals surface area (Å²) in [4.78, 5) is 14.6. The zero-order valence-corrected chi connectivity index (χ0v) is 12.6. The van der Waals surface area contributed by atoms with Crippen LogP contribution in [0.25, 0.3) is 0 Å². The Balaban J connectivity index is 1.62. The van der Waals surface area contributed by atoms with E-state index in [4.69, 9.17) is 5.73 Å². The van der Waals surface area contributed by atoms with Crippen LogP contribution in [0.4, 0.5) is 0 Å². The lowest BCUT2D eigenvalue weighted by molar-refractivity contribution is -0.124. The van der Waals surface area contributed by atoms with Crippen molar-refractivity contribution < 1.29 is 4.79 Å². The molecule has 1 amide bonds. The topological polar surface area (TPSA) is 58.4 Å². The third-order valence-electron chi connectivity index (χ3n) is 5.42. The van der Waals surface area contributed by atoms with E-state index in [1.54, 1.807) is 0 Å². The molecule has 20 heavy (non-hydrogen) atoms. The van der Waals surface area contributed by atoms with E-state index < -0.39 is 5.54 Å². The van der Waals surface area contributed by atoms with Crippen molar-refractivity contribution in [3.8, 4) is 0 Å². The fourth-order valence-electron chi connectivity index (χ4n) is 4.01. The molecule has 1 heterocycles. The van der Waals surface area contributed by atoms with Gasteiger partial charge in [-0.25, -0.2) is 0 Å². The van der Waals surface area contributed by atoms with Crippen molar-refractivity contribution in [2.24, 2.45) is 5.73 Å². The molecule has 4 nitrogen and oxygen atoms in total. The summed E-state index contributed by atoms with van der Waals surface area (Å²) in [5.74, 6) is -0.126. The first-order valence-corrected chi connectivity index (χ1v) is 8.51. The van der Waals surface area contributed by atoms with Gasteiger partial charge in [-0.2, -0.15) is 0 Å². The second-order valence-corrected chi connectivity index (χ2v) is 7.07. The molecule has 2 saturated carbocycles. The quantitative estimate of drug-likeness (QED) is 0.825. The highest BCUT2D eigenvalue weighted by atomic mass is 16.1. The van der Waals surface area contributed by atoms with Crippen molar-refractivity contribution in [1.29, 1.82) is 0 Å². The van der Waals surface area contributed by atoms with Gasteiger partial charge in [-0.1, -0.05) is 19.3 Å².